The van der Waals surface area contributed by atoms with Gasteiger partial charge in [-0.3, -0.25) is 0 Å². The van der Waals surface area contributed by atoms with Gasteiger partial charge >= 0.3 is 0 Å². The molecule has 7 nitrogen and oxygen atoms in total. The number of pyridine rings is 2. The molecule has 8 heteroatoms. The zero-order chi connectivity index (χ0) is 22.7. The van der Waals surface area contributed by atoms with Gasteiger partial charge in [0.25, 0.3) is 0 Å². The maximum Gasteiger partial charge on any atom is 0.163 e. The van der Waals surface area contributed by atoms with Gasteiger partial charge in [-0.25, -0.2) is 19.9 Å². The summed E-state index contributed by atoms with van der Waals surface area (Å²) in [5, 5.41) is 5.97. The number of aromatic amines is 1. The van der Waals surface area contributed by atoms with E-state index in [4.69, 9.17) is 21.6 Å². The van der Waals surface area contributed by atoms with E-state index in [0.29, 0.717) is 16.9 Å². The maximum absolute atomic E-state index is 6.66. The minimum absolute atomic E-state index is 0.0133. The van der Waals surface area contributed by atoms with Crippen molar-refractivity contribution in [2.24, 2.45) is 0 Å². The van der Waals surface area contributed by atoms with E-state index in [0.717, 1.165) is 65.2 Å². The molecule has 170 valence electrons. The number of piperazine rings is 1. The molecule has 6 rings (SSSR count). The predicted octanol–water partition coefficient (Wildman–Crippen LogP) is 4.81. The van der Waals surface area contributed by atoms with Gasteiger partial charge in [-0.15, -0.1) is 0 Å². The molecule has 2 fully saturated rings. The molecule has 2 N–H and O–H groups in total. The molecule has 0 amide bonds. The van der Waals surface area contributed by atoms with Crippen LogP contribution in [0.15, 0.2) is 24.5 Å². The number of hydrogen-bond donors (Lipinski definition) is 2. The Morgan fingerprint density at radius 3 is 2.61 bits per heavy atom. The average Bonchev–Trinajstić information content (AvgIpc) is 3.55. The number of nitrogens with one attached hydrogen (secondary N) is 2. The van der Waals surface area contributed by atoms with E-state index in [-0.39, 0.29) is 5.41 Å². The summed E-state index contributed by atoms with van der Waals surface area (Å²) in [5.41, 5.74) is 4.90. The Bertz CT molecular complexity index is 1360. The van der Waals surface area contributed by atoms with Gasteiger partial charge in [0, 0.05) is 60.6 Å². The number of H-pyrrole nitrogens is 1. The lowest BCUT2D eigenvalue weighted by molar-refractivity contribution is 0.574. The number of rotatable bonds is 3. The summed E-state index contributed by atoms with van der Waals surface area (Å²) in [6, 6.07) is 4.17. The van der Waals surface area contributed by atoms with Crippen molar-refractivity contribution in [1.82, 2.24) is 30.2 Å². The molecule has 0 bridgehead atoms. The largest absolute Gasteiger partial charge is 0.353 e. The van der Waals surface area contributed by atoms with E-state index >= 15 is 0 Å². The molecular formula is C25H28ClN7. The Labute approximate surface area is 198 Å². The highest BCUT2D eigenvalue weighted by Gasteiger charge is 2.30. The highest BCUT2D eigenvalue weighted by Crippen LogP contribution is 2.46. The van der Waals surface area contributed by atoms with Crippen LogP contribution in [0.3, 0.4) is 0 Å². The number of nitrogens with zero attached hydrogens (tertiary/aromatic N) is 5. The van der Waals surface area contributed by atoms with Crippen LogP contribution in [0.25, 0.3) is 33.3 Å². The minimum Gasteiger partial charge on any atom is -0.353 e. The molecule has 1 aliphatic carbocycles. The Morgan fingerprint density at radius 1 is 1.09 bits per heavy atom. The van der Waals surface area contributed by atoms with Crippen molar-refractivity contribution in [1.29, 1.82) is 0 Å². The summed E-state index contributed by atoms with van der Waals surface area (Å²) in [5.74, 6) is 2.17. The molecule has 33 heavy (non-hydrogen) atoms. The fourth-order valence-electron chi connectivity index (χ4n) is 4.67. The van der Waals surface area contributed by atoms with Gasteiger partial charge in [-0.05, 0) is 36.5 Å². The van der Waals surface area contributed by atoms with Crippen molar-refractivity contribution < 1.29 is 0 Å². The average molecular weight is 462 g/mol. The van der Waals surface area contributed by atoms with Crippen LogP contribution in [0.5, 0.6) is 0 Å². The molecule has 0 radical (unpaired) electrons. The molecule has 0 spiro atoms. The molecular weight excluding hydrogens is 434 g/mol. The fourth-order valence-corrected chi connectivity index (χ4v) is 4.86. The standard InChI is InChI=1S/C25H28ClN7/c1-25(2,3)18-12-16-15(6-7-28-22(16)30-18)23-31-20-19(17(14-4-5-14)13-29-21(20)26)24(32-23)33-10-8-27-9-11-33/h6-7,12-14,27H,4-5,8-11H2,1-3H3,(H,28,30). The monoisotopic (exact) mass is 461 g/mol. The van der Waals surface area contributed by atoms with Crippen LogP contribution in [0, 0.1) is 0 Å². The first-order chi connectivity index (χ1) is 15.9. The van der Waals surface area contributed by atoms with Crippen LogP contribution in [-0.2, 0) is 5.41 Å². The van der Waals surface area contributed by atoms with E-state index in [2.05, 4.69) is 52.0 Å². The van der Waals surface area contributed by atoms with Gasteiger partial charge in [0.1, 0.15) is 17.0 Å². The second-order valence-corrected chi connectivity index (χ2v) is 10.5. The molecule has 0 aromatic carbocycles. The van der Waals surface area contributed by atoms with Gasteiger partial charge in [-0.1, -0.05) is 32.4 Å². The third-order valence-corrected chi connectivity index (χ3v) is 6.98. The minimum atomic E-state index is -0.0133. The summed E-state index contributed by atoms with van der Waals surface area (Å²) in [7, 11) is 0. The number of halogens is 1. The van der Waals surface area contributed by atoms with Crippen molar-refractivity contribution in [3.8, 4) is 11.4 Å². The summed E-state index contributed by atoms with van der Waals surface area (Å²) in [6.07, 6.45) is 6.12. The zero-order valence-electron chi connectivity index (χ0n) is 19.2. The Balaban J connectivity index is 1.61. The molecule has 2 aliphatic rings. The molecule has 4 aromatic heterocycles. The lowest BCUT2D eigenvalue weighted by Gasteiger charge is -2.30. The summed E-state index contributed by atoms with van der Waals surface area (Å²) in [6.45, 7) is 10.3. The molecule has 1 saturated carbocycles. The molecule has 0 atom stereocenters. The van der Waals surface area contributed by atoms with E-state index < -0.39 is 0 Å². The van der Waals surface area contributed by atoms with Gasteiger partial charge in [-0.2, -0.15) is 0 Å². The van der Waals surface area contributed by atoms with Crippen LogP contribution in [0.2, 0.25) is 5.15 Å². The van der Waals surface area contributed by atoms with E-state index in [1.54, 1.807) is 0 Å². The SMILES string of the molecule is CC(C)(C)c1cc2c(-c3nc(N4CCNCC4)c4c(C5CC5)cnc(Cl)c4n3)ccnc2[nH]1. The quantitative estimate of drug-likeness (QED) is 0.426. The molecule has 4 aromatic rings. The summed E-state index contributed by atoms with van der Waals surface area (Å²) >= 11 is 6.66. The highest BCUT2D eigenvalue weighted by atomic mass is 35.5. The summed E-state index contributed by atoms with van der Waals surface area (Å²) in [4.78, 5) is 25.1. The first-order valence-electron chi connectivity index (χ1n) is 11.7. The second-order valence-electron chi connectivity index (χ2n) is 10.2. The van der Waals surface area contributed by atoms with Crippen LogP contribution >= 0.6 is 11.6 Å². The van der Waals surface area contributed by atoms with Gasteiger partial charge < -0.3 is 15.2 Å². The lowest BCUT2D eigenvalue weighted by Crippen LogP contribution is -2.44. The van der Waals surface area contributed by atoms with Crippen molar-refractivity contribution in [3.63, 3.8) is 0 Å². The first kappa shape index (κ1) is 20.8. The fraction of sp³-hybridized carbons (Fsp3) is 0.440. The second kappa shape index (κ2) is 7.64. The third-order valence-electron chi connectivity index (χ3n) is 6.71. The number of hydrogen-bond acceptors (Lipinski definition) is 6. The van der Waals surface area contributed by atoms with Gasteiger partial charge in [0.05, 0.1) is 5.39 Å². The summed E-state index contributed by atoms with van der Waals surface area (Å²) < 4.78 is 0. The smallest absolute Gasteiger partial charge is 0.163 e. The zero-order valence-corrected chi connectivity index (χ0v) is 20.0. The number of anilines is 1. The van der Waals surface area contributed by atoms with E-state index in [9.17, 15) is 0 Å². The van der Waals surface area contributed by atoms with Crippen LogP contribution in [0.4, 0.5) is 5.82 Å². The molecule has 0 unspecified atom stereocenters. The highest BCUT2D eigenvalue weighted by molar-refractivity contribution is 6.34. The lowest BCUT2D eigenvalue weighted by atomic mass is 9.92. The van der Waals surface area contributed by atoms with Gasteiger partial charge in [0.15, 0.2) is 11.0 Å². The van der Waals surface area contributed by atoms with Crippen LogP contribution < -0.4 is 10.2 Å². The molecule has 1 saturated heterocycles. The Kier molecular flexibility index (Phi) is 4.82. The Morgan fingerprint density at radius 2 is 1.88 bits per heavy atom. The van der Waals surface area contributed by atoms with Crippen LogP contribution in [-0.4, -0.2) is 51.1 Å². The normalized spacial score (nSPS) is 17.3. The van der Waals surface area contributed by atoms with Crippen LogP contribution in [0.1, 0.15) is 50.8 Å². The topological polar surface area (TPSA) is 82.6 Å². The van der Waals surface area contributed by atoms with E-state index in [1.165, 1.54) is 18.4 Å². The van der Waals surface area contributed by atoms with Crippen molar-refractivity contribution >= 4 is 39.4 Å². The van der Waals surface area contributed by atoms with Crippen molar-refractivity contribution in [2.75, 3.05) is 31.1 Å². The van der Waals surface area contributed by atoms with Crippen molar-refractivity contribution in [3.05, 3.63) is 40.9 Å². The number of aromatic nitrogens is 5. The first-order valence-corrected chi connectivity index (χ1v) is 12.1. The van der Waals surface area contributed by atoms with Gasteiger partial charge in [0.2, 0.25) is 0 Å². The molecule has 5 heterocycles. The van der Waals surface area contributed by atoms with Crippen molar-refractivity contribution in [2.45, 2.75) is 44.9 Å². The third kappa shape index (κ3) is 3.63. The Hall–Kier alpha value is -2.77. The predicted molar refractivity (Wildman–Crippen MR) is 133 cm³/mol. The van der Waals surface area contributed by atoms with E-state index in [1.807, 2.05) is 18.5 Å². The maximum atomic E-state index is 6.66. The molecule has 1 aliphatic heterocycles. The number of fused-ring (bicyclic) bond motifs is 2.